The lowest BCUT2D eigenvalue weighted by Crippen LogP contribution is -2.05. The Labute approximate surface area is 144 Å². The van der Waals surface area contributed by atoms with E-state index in [-0.39, 0.29) is 5.97 Å². The lowest BCUT2D eigenvalue weighted by Gasteiger charge is -2.04. The van der Waals surface area contributed by atoms with Crippen molar-refractivity contribution in [3.63, 3.8) is 0 Å². The van der Waals surface area contributed by atoms with E-state index >= 15 is 0 Å². The molecule has 0 aliphatic rings. The van der Waals surface area contributed by atoms with Crippen LogP contribution in [0.4, 0.5) is 5.69 Å². The Balaban J connectivity index is 2.58. The summed E-state index contributed by atoms with van der Waals surface area (Å²) in [5, 5.41) is 0. The molecule has 1 heterocycles. The summed E-state index contributed by atoms with van der Waals surface area (Å²) in [4.78, 5) is 13.5. The van der Waals surface area contributed by atoms with E-state index in [4.69, 9.17) is 10.5 Å². The number of thiophene rings is 1. The van der Waals surface area contributed by atoms with E-state index in [1.165, 1.54) is 11.3 Å². The molecule has 0 aliphatic heterocycles. The normalized spacial score (nSPS) is 10.7. The standard InChI is InChI=1S/C15H15Br2NO2S/c1-3-11-12(18)14(15(19)20-4-2)21-13(11)8-5-9(16)7-10(17)6-8/h5-7H,3-4,18H2,1-2H3. The zero-order chi connectivity index (χ0) is 15.6. The highest BCUT2D eigenvalue weighted by molar-refractivity contribution is 9.11. The highest BCUT2D eigenvalue weighted by atomic mass is 79.9. The minimum Gasteiger partial charge on any atom is -0.462 e. The average molecular weight is 433 g/mol. The smallest absolute Gasteiger partial charge is 0.350 e. The third-order valence-corrected chi connectivity index (χ3v) is 5.18. The molecule has 0 saturated carbocycles. The molecule has 0 radical (unpaired) electrons. The van der Waals surface area contributed by atoms with Crippen LogP contribution in [0.3, 0.4) is 0 Å². The van der Waals surface area contributed by atoms with E-state index in [0.29, 0.717) is 17.2 Å². The predicted molar refractivity (Wildman–Crippen MR) is 94.9 cm³/mol. The number of rotatable bonds is 4. The van der Waals surface area contributed by atoms with E-state index in [0.717, 1.165) is 31.4 Å². The maximum absolute atomic E-state index is 12.0. The largest absolute Gasteiger partial charge is 0.462 e. The van der Waals surface area contributed by atoms with Crippen LogP contribution in [0, 0.1) is 0 Å². The van der Waals surface area contributed by atoms with Crippen LogP contribution in [0.5, 0.6) is 0 Å². The SMILES string of the molecule is CCOC(=O)c1sc(-c2cc(Br)cc(Br)c2)c(CC)c1N. The molecule has 2 N–H and O–H groups in total. The molecular weight excluding hydrogens is 418 g/mol. The van der Waals surface area contributed by atoms with Gasteiger partial charge in [0.2, 0.25) is 0 Å². The molecule has 0 bridgehead atoms. The zero-order valence-electron chi connectivity index (χ0n) is 11.7. The zero-order valence-corrected chi connectivity index (χ0v) is 15.7. The molecule has 1 aromatic heterocycles. The Hall–Kier alpha value is -0.850. The summed E-state index contributed by atoms with van der Waals surface area (Å²) in [6.45, 7) is 4.16. The number of halogens is 2. The number of nitrogens with two attached hydrogens (primary N) is 1. The van der Waals surface area contributed by atoms with Gasteiger partial charge in [-0.2, -0.15) is 0 Å². The highest BCUT2D eigenvalue weighted by Gasteiger charge is 2.22. The van der Waals surface area contributed by atoms with Gasteiger partial charge in [-0.25, -0.2) is 4.79 Å². The number of hydrogen-bond donors (Lipinski definition) is 1. The van der Waals surface area contributed by atoms with E-state index in [9.17, 15) is 4.79 Å². The van der Waals surface area contributed by atoms with Crippen LogP contribution in [0.15, 0.2) is 27.1 Å². The summed E-state index contributed by atoms with van der Waals surface area (Å²) in [7, 11) is 0. The minimum absolute atomic E-state index is 0.343. The van der Waals surface area contributed by atoms with Crippen LogP contribution in [0.25, 0.3) is 10.4 Å². The molecule has 21 heavy (non-hydrogen) atoms. The van der Waals surface area contributed by atoms with Gasteiger partial charge in [-0.3, -0.25) is 0 Å². The van der Waals surface area contributed by atoms with Gasteiger partial charge in [-0.15, -0.1) is 11.3 Å². The number of nitrogen functional groups attached to an aromatic ring is 1. The second-order valence-corrected chi connectivity index (χ2v) is 7.24. The van der Waals surface area contributed by atoms with Crippen LogP contribution in [-0.2, 0) is 11.2 Å². The number of ether oxygens (including phenoxy) is 1. The first-order chi connectivity index (χ1) is 9.97. The van der Waals surface area contributed by atoms with Gasteiger partial charge in [-0.05, 0) is 42.7 Å². The fraction of sp³-hybridized carbons (Fsp3) is 0.267. The molecule has 0 aliphatic carbocycles. The average Bonchev–Trinajstić information content (AvgIpc) is 2.75. The van der Waals surface area contributed by atoms with Gasteiger partial charge in [0, 0.05) is 13.8 Å². The summed E-state index contributed by atoms with van der Waals surface area (Å²) in [5.41, 5.74) is 8.70. The highest BCUT2D eigenvalue weighted by Crippen LogP contribution is 2.41. The Kier molecular flexibility index (Phi) is 5.46. The fourth-order valence-corrected chi connectivity index (χ4v) is 4.58. The van der Waals surface area contributed by atoms with Crippen molar-refractivity contribution in [3.05, 3.63) is 37.6 Å². The summed E-state index contributed by atoms with van der Waals surface area (Å²) in [6, 6.07) is 6.01. The Morgan fingerprint density at radius 1 is 1.24 bits per heavy atom. The van der Waals surface area contributed by atoms with Crippen LogP contribution in [0.2, 0.25) is 0 Å². The van der Waals surface area contributed by atoms with E-state index in [2.05, 4.69) is 31.9 Å². The molecule has 6 heteroatoms. The van der Waals surface area contributed by atoms with Crippen LogP contribution in [0.1, 0.15) is 29.1 Å². The van der Waals surface area contributed by atoms with Crippen molar-refractivity contribution in [2.45, 2.75) is 20.3 Å². The molecule has 1 aromatic carbocycles. The Bertz CT molecular complexity index is 662. The molecular formula is C15H15Br2NO2S. The predicted octanol–water partition coefficient (Wildman–Crippen LogP) is 5.26. The molecule has 112 valence electrons. The van der Waals surface area contributed by atoms with Crippen molar-refractivity contribution in [3.8, 4) is 10.4 Å². The molecule has 2 aromatic rings. The third kappa shape index (κ3) is 3.49. The monoisotopic (exact) mass is 431 g/mol. The quantitative estimate of drug-likeness (QED) is 0.670. The maximum Gasteiger partial charge on any atom is 0.350 e. The number of anilines is 1. The summed E-state index contributed by atoms with van der Waals surface area (Å²) in [6.07, 6.45) is 0.765. The van der Waals surface area contributed by atoms with Crippen molar-refractivity contribution in [2.24, 2.45) is 0 Å². The van der Waals surface area contributed by atoms with Crippen molar-refractivity contribution in [2.75, 3.05) is 12.3 Å². The molecule has 0 unspecified atom stereocenters. The second kappa shape index (κ2) is 6.94. The molecule has 0 fully saturated rings. The van der Waals surface area contributed by atoms with Crippen LogP contribution < -0.4 is 5.73 Å². The van der Waals surface area contributed by atoms with Gasteiger partial charge in [0.15, 0.2) is 0 Å². The summed E-state index contributed by atoms with van der Waals surface area (Å²) < 4.78 is 7.02. The van der Waals surface area contributed by atoms with Gasteiger partial charge >= 0.3 is 5.97 Å². The number of benzene rings is 1. The lowest BCUT2D eigenvalue weighted by molar-refractivity contribution is 0.0533. The lowest BCUT2D eigenvalue weighted by atomic mass is 10.1. The van der Waals surface area contributed by atoms with Crippen LogP contribution >= 0.6 is 43.2 Å². The van der Waals surface area contributed by atoms with E-state index < -0.39 is 0 Å². The van der Waals surface area contributed by atoms with Crippen molar-refractivity contribution in [1.29, 1.82) is 0 Å². The van der Waals surface area contributed by atoms with E-state index in [1.807, 2.05) is 25.1 Å². The minimum atomic E-state index is -0.352. The van der Waals surface area contributed by atoms with Crippen molar-refractivity contribution in [1.82, 2.24) is 0 Å². The molecule has 0 amide bonds. The molecule has 0 spiro atoms. The second-order valence-electron chi connectivity index (χ2n) is 4.38. The third-order valence-electron chi connectivity index (χ3n) is 2.99. The molecule has 2 rings (SSSR count). The van der Waals surface area contributed by atoms with Gasteiger partial charge in [0.1, 0.15) is 4.88 Å². The summed E-state index contributed by atoms with van der Waals surface area (Å²) >= 11 is 8.36. The number of hydrogen-bond acceptors (Lipinski definition) is 4. The number of carbonyl (C=O) groups is 1. The molecule has 0 atom stereocenters. The first-order valence-corrected chi connectivity index (χ1v) is 8.92. The van der Waals surface area contributed by atoms with Crippen molar-refractivity contribution >= 4 is 54.9 Å². The first-order valence-electron chi connectivity index (χ1n) is 6.52. The van der Waals surface area contributed by atoms with Crippen molar-refractivity contribution < 1.29 is 9.53 Å². The van der Waals surface area contributed by atoms with Gasteiger partial charge in [-0.1, -0.05) is 38.8 Å². The topological polar surface area (TPSA) is 52.3 Å². The van der Waals surface area contributed by atoms with Crippen LogP contribution in [-0.4, -0.2) is 12.6 Å². The number of esters is 1. The Morgan fingerprint density at radius 2 is 1.86 bits per heavy atom. The first kappa shape index (κ1) is 16.5. The molecule has 0 saturated heterocycles. The van der Waals surface area contributed by atoms with E-state index in [1.54, 1.807) is 6.92 Å². The molecule has 3 nitrogen and oxygen atoms in total. The van der Waals surface area contributed by atoms with Gasteiger partial charge in [0.25, 0.3) is 0 Å². The number of carbonyl (C=O) groups excluding carboxylic acids is 1. The fourth-order valence-electron chi connectivity index (χ4n) is 2.10. The summed E-state index contributed by atoms with van der Waals surface area (Å²) in [5.74, 6) is -0.352. The van der Waals surface area contributed by atoms with Gasteiger partial charge in [0.05, 0.1) is 12.3 Å². The Morgan fingerprint density at radius 3 is 2.38 bits per heavy atom. The van der Waals surface area contributed by atoms with Gasteiger partial charge < -0.3 is 10.5 Å². The maximum atomic E-state index is 12.0.